The van der Waals surface area contributed by atoms with Crippen LogP contribution in [-0.2, 0) is 16.6 Å². The first-order valence-electron chi connectivity index (χ1n) is 9.84. The van der Waals surface area contributed by atoms with Crippen LogP contribution in [-0.4, -0.2) is 41.6 Å². The van der Waals surface area contributed by atoms with Crippen molar-refractivity contribution in [1.29, 1.82) is 0 Å². The van der Waals surface area contributed by atoms with Crippen molar-refractivity contribution in [3.05, 3.63) is 63.9 Å². The van der Waals surface area contributed by atoms with E-state index >= 15 is 0 Å². The molecule has 1 atom stereocenters. The van der Waals surface area contributed by atoms with E-state index in [-0.39, 0.29) is 6.04 Å². The number of nitrogens with zero attached hydrogens (tertiary/aromatic N) is 3. The van der Waals surface area contributed by atoms with E-state index in [1.165, 1.54) is 9.87 Å². The van der Waals surface area contributed by atoms with Crippen LogP contribution in [0.4, 0.5) is 0 Å². The Morgan fingerprint density at radius 3 is 2.46 bits per heavy atom. The molecule has 0 saturated carbocycles. The van der Waals surface area contributed by atoms with Crippen molar-refractivity contribution >= 4 is 21.8 Å². The van der Waals surface area contributed by atoms with Gasteiger partial charge in [0.1, 0.15) is 0 Å². The van der Waals surface area contributed by atoms with Crippen LogP contribution >= 0.6 is 11.6 Å². The molecular weight excluding hydrogens is 394 g/mol. The lowest BCUT2D eigenvalue weighted by Crippen LogP contribution is -2.43. The molecule has 3 rings (SSSR count). The minimum atomic E-state index is -3.48. The molecule has 152 valence electrons. The lowest BCUT2D eigenvalue weighted by molar-refractivity contribution is 0.334. The summed E-state index contributed by atoms with van der Waals surface area (Å²) < 4.78 is 29.3. The van der Waals surface area contributed by atoms with E-state index in [9.17, 15) is 8.42 Å². The molecule has 1 aromatic carbocycles. The highest BCUT2D eigenvalue weighted by atomic mass is 35.5. The fourth-order valence-electron chi connectivity index (χ4n) is 3.89. The van der Waals surface area contributed by atoms with E-state index in [0.29, 0.717) is 19.6 Å². The predicted octanol–water partition coefficient (Wildman–Crippen LogP) is 4.36. The molecule has 2 heterocycles. The fraction of sp³-hybridized carbons (Fsp3) is 0.476. The van der Waals surface area contributed by atoms with Gasteiger partial charge in [-0.25, -0.2) is 0 Å². The van der Waals surface area contributed by atoms with Crippen LogP contribution < -0.4 is 0 Å². The molecule has 0 N–H and O–H groups in total. The van der Waals surface area contributed by atoms with Crippen LogP contribution in [0.15, 0.2) is 36.4 Å². The topological polar surface area (TPSA) is 53.5 Å². The van der Waals surface area contributed by atoms with Crippen molar-refractivity contribution in [2.75, 3.05) is 19.6 Å². The first-order valence-corrected chi connectivity index (χ1v) is 11.6. The Hall–Kier alpha value is -1.47. The molecule has 0 aliphatic carbocycles. The first kappa shape index (κ1) is 21.2. The third kappa shape index (κ3) is 4.57. The van der Waals surface area contributed by atoms with Gasteiger partial charge in [0, 0.05) is 30.4 Å². The number of benzene rings is 1. The summed E-state index contributed by atoms with van der Waals surface area (Å²) in [6.45, 7) is 7.22. The van der Waals surface area contributed by atoms with Gasteiger partial charge in [-0.05, 0) is 61.6 Å². The zero-order chi connectivity index (χ0) is 20.3. The average molecular weight is 422 g/mol. The number of pyridine rings is 1. The van der Waals surface area contributed by atoms with Crippen LogP contribution in [0.1, 0.15) is 55.2 Å². The van der Waals surface area contributed by atoms with Crippen LogP contribution in [0.3, 0.4) is 0 Å². The van der Waals surface area contributed by atoms with Gasteiger partial charge in [0.2, 0.25) is 0 Å². The Morgan fingerprint density at radius 1 is 1.14 bits per heavy atom. The van der Waals surface area contributed by atoms with E-state index in [1.54, 1.807) is 4.31 Å². The monoisotopic (exact) mass is 421 g/mol. The fourth-order valence-corrected chi connectivity index (χ4v) is 5.86. The van der Waals surface area contributed by atoms with E-state index in [2.05, 4.69) is 12.1 Å². The van der Waals surface area contributed by atoms with Crippen LogP contribution in [0.5, 0.6) is 0 Å². The van der Waals surface area contributed by atoms with E-state index in [0.717, 1.165) is 41.2 Å². The summed E-state index contributed by atoms with van der Waals surface area (Å²) in [5.74, 6) is 0. The smallest absolute Gasteiger partial charge is 0.256 e. The van der Waals surface area contributed by atoms with Crippen molar-refractivity contribution in [3.8, 4) is 0 Å². The van der Waals surface area contributed by atoms with E-state index in [1.807, 2.05) is 45.0 Å². The number of halogens is 1. The maximum Gasteiger partial charge on any atom is 0.282 e. The summed E-state index contributed by atoms with van der Waals surface area (Å²) in [6, 6.07) is 11.7. The molecule has 1 aliphatic heterocycles. The summed E-state index contributed by atoms with van der Waals surface area (Å²) in [4.78, 5) is 4.70. The van der Waals surface area contributed by atoms with E-state index < -0.39 is 10.2 Å². The zero-order valence-electron chi connectivity index (χ0n) is 16.7. The van der Waals surface area contributed by atoms with Gasteiger partial charge in [-0.2, -0.15) is 17.0 Å². The van der Waals surface area contributed by atoms with Crippen molar-refractivity contribution < 1.29 is 8.42 Å². The third-order valence-corrected chi connectivity index (χ3v) is 7.68. The molecule has 1 saturated heterocycles. The molecule has 1 aliphatic rings. The summed E-state index contributed by atoms with van der Waals surface area (Å²) in [6.07, 6.45) is 2.42. The molecular formula is C21H28ClN3O2S. The maximum absolute atomic E-state index is 13.1. The van der Waals surface area contributed by atoms with Gasteiger partial charge in [0.05, 0.1) is 11.7 Å². The molecule has 0 radical (unpaired) electrons. The lowest BCUT2D eigenvalue weighted by atomic mass is 10.0. The first-order chi connectivity index (χ1) is 13.3. The molecule has 0 amide bonds. The SMILES string of the molecule is CCN(CC)S(=O)(=O)N1CCC[C@H]1c1cc(Cc2ccc(Cl)cc2)cc(C)n1. The van der Waals surface area contributed by atoms with Crippen LogP contribution in [0.2, 0.25) is 5.02 Å². The highest BCUT2D eigenvalue weighted by Gasteiger charge is 2.38. The van der Waals surface area contributed by atoms with Gasteiger partial charge >= 0.3 is 0 Å². The van der Waals surface area contributed by atoms with Crippen molar-refractivity contribution in [1.82, 2.24) is 13.6 Å². The Morgan fingerprint density at radius 2 is 1.82 bits per heavy atom. The van der Waals surface area contributed by atoms with Gasteiger partial charge in [-0.3, -0.25) is 4.98 Å². The average Bonchev–Trinajstić information content (AvgIpc) is 3.15. The maximum atomic E-state index is 13.1. The van der Waals surface area contributed by atoms with E-state index in [4.69, 9.17) is 16.6 Å². The number of aryl methyl sites for hydroxylation is 1. The largest absolute Gasteiger partial charge is 0.282 e. The molecule has 0 spiro atoms. The quantitative estimate of drug-likeness (QED) is 0.667. The molecule has 2 aromatic rings. The minimum Gasteiger partial charge on any atom is -0.256 e. The van der Waals surface area contributed by atoms with Gasteiger partial charge in [-0.15, -0.1) is 0 Å². The number of rotatable bonds is 7. The number of aromatic nitrogens is 1. The summed E-state index contributed by atoms with van der Waals surface area (Å²) in [5, 5.41) is 0.721. The molecule has 1 fully saturated rings. The molecule has 0 bridgehead atoms. The standard InChI is InChI=1S/C21H28ClN3O2S/c1-4-24(5-2)28(26,27)25-12-6-7-21(25)20-15-18(13-16(3)23-20)14-17-8-10-19(22)11-9-17/h8-11,13,15,21H,4-7,12,14H2,1-3H3/t21-/m0/s1. The molecule has 1 aromatic heterocycles. The Balaban J connectivity index is 1.90. The highest BCUT2D eigenvalue weighted by Crippen LogP contribution is 2.35. The Kier molecular flexibility index (Phi) is 6.76. The molecule has 5 nitrogen and oxygen atoms in total. The van der Waals surface area contributed by atoms with Gasteiger partial charge in [-0.1, -0.05) is 37.6 Å². The van der Waals surface area contributed by atoms with Crippen molar-refractivity contribution in [2.45, 2.75) is 46.1 Å². The van der Waals surface area contributed by atoms with Crippen molar-refractivity contribution in [3.63, 3.8) is 0 Å². The minimum absolute atomic E-state index is 0.200. The second kappa shape index (κ2) is 8.91. The predicted molar refractivity (Wildman–Crippen MR) is 114 cm³/mol. The summed E-state index contributed by atoms with van der Waals surface area (Å²) in [5.41, 5.74) is 4.06. The normalized spacial score (nSPS) is 18.1. The molecule has 0 unspecified atom stereocenters. The number of hydrogen-bond acceptors (Lipinski definition) is 3. The lowest BCUT2D eigenvalue weighted by Gasteiger charge is -2.29. The van der Waals surface area contributed by atoms with Crippen molar-refractivity contribution in [2.24, 2.45) is 0 Å². The number of hydrogen-bond donors (Lipinski definition) is 0. The van der Waals surface area contributed by atoms with Gasteiger partial charge in [0.15, 0.2) is 0 Å². The van der Waals surface area contributed by atoms with Gasteiger partial charge < -0.3 is 0 Å². The van der Waals surface area contributed by atoms with Crippen LogP contribution in [0, 0.1) is 6.92 Å². The molecule has 28 heavy (non-hydrogen) atoms. The third-order valence-electron chi connectivity index (χ3n) is 5.23. The second-order valence-electron chi connectivity index (χ2n) is 7.21. The Bertz CT molecular complexity index is 912. The molecule has 7 heteroatoms. The highest BCUT2D eigenvalue weighted by molar-refractivity contribution is 7.86. The Labute approximate surface area is 173 Å². The van der Waals surface area contributed by atoms with Gasteiger partial charge in [0.25, 0.3) is 10.2 Å². The summed E-state index contributed by atoms with van der Waals surface area (Å²) >= 11 is 5.98. The summed E-state index contributed by atoms with van der Waals surface area (Å²) in [7, 11) is -3.48. The van der Waals surface area contributed by atoms with Crippen LogP contribution in [0.25, 0.3) is 0 Å². The second-order valence-corrected chi connectivity index (χ2v) is 9.52. The zero-order valence-corrected chi connectivity index (χ0v) is 18.3.